The average Bonchev–Trinajstić information content (AvgIpc) is 2.45. The Labute approximate surface area is 133 Å². The Morgan fingerprint density at radius 2 is 2.19 bits per heavy atom. The zero-order valence-corrected chi connectivity index (χ0v) is 13.3. The second kappa shape index (κ2) is 6.75. The maximum atomic E-state index is 11.5. The van der Waals surface area contributed by atoms with Crippen LogP contribution in [-0.4, -0.2) is 10.8 Å². The monoisotopic (exact) mass is 316 g/mol. The number of thioether (sulfide) groups is 1. The Hall–Kier alpha value is -1.83. The third kappa shape index (κ3) is 3.84. The van der Waals surface area contributed by atoms with Gasteiger partial charge in [-0.3, -0.25) is 4.79 Å². The van der Waals surface area contributed by atoms with E-state index in [2.05, 4.69) is 11.1 Å². The topological polar surface area (TPSA) is 53.8 Å². The molecule has 3 nitrogen and oxygen atoms in total. The fourth-order valence-electron chi connectivity index (χ4n) is 1.91. The Kier molecular flexibility index (Phi) is 5.00. The van der Waals surface area contributed by atoms with Crippen LogP contribution in [0.4, 0.5) is 0 Å². The SMILES string of the molecule is CC(=O)c1cc(C#N)c(SCc2cccc(Cl)c2)nc1C. The molecule has 0 N–H and O–H groups in total. The quantitative estimate of drug-likeness (QED) is 0.619. The third-order valence-corrected chi connectivity index (χ3v) is 4.24. The molecule has 0 amide bonds. The normalized spacial score (nSPS) is 10.2. The Morgan fingerprint density at radius 3 is 2.81 bits per heavy atom. The van der Waals surface area contributed by atoms with Crippen LogP contribution in [0.25, 0.3) is 0 Å². The summed E-state index contributed by atoms with van der Waals surface area (Å²) < 4.78 is 0. The number of carbonyl (C=O) groups excluding carboxylic acids is 1. The fourth-order valence-corrected chi connectivity index (χ4v) is 3.07. The molecule has 2 aromatic rings. The summed E-state index contributed by atoms with van der Waals surface area (Å²) in [6, 6.07) is 11.3. The molecule has 0 spiro atoms. The van der Waals surface area contributed by atoms with Crippen molar-refractivity contribution in [1.82, 2.24) is 4.98 Å². The summed E-state index contributed by atoms with van der Waals surface area (Å²) in [7, 11) is 0. The van der Waals surface area contributed by atoms with Gasteiger partial charge in [0.05, 0.1) is 5.56 Å². The number of nitriles is 1. The predicted octanol–water partition coefficient (Wildman–Crippen LogP) is 4.41. The van der Waals surface area contributed by atoms with Gasteiger partial charge < -0.3 is 0 Å². The van der Waals surface area contributed by atoms with Crippen molar-refractivity contribution in [2.24, 2.45) is 0 Å². The Balaban J connectivity index is 2.26. The number of ketones is 1. The van der Waals surface area contributed by atoms with Crippen LogP contribution in [0.15, 0.2) is 35.4 Å². The largest absolute Gasteiger partial charge is 0.294 e. The summed E-state index contributed by atoms with van der Waals surface area (Å²) in [5, 5.41) is 10.5. The van der Waals surface area contributed by atoms with Gasteiger partial charge in [-0.05, 0) is 37.6 Å². The van der Waals surface area contributed by atoms with Crippen LogP contribution in [0.3, 0.4) is 0 Å². The molecule has 2 rings (SSSR count). The summed E-state index contributed by atoms with van der Waals surface area (Å²) in [4.78, 5) is 15.9. The molecule has 0 saturated carbocycles. The lowest BCUT2D eigenvalue weighted by atomic mass is 10.1. The van der Waals surface area contributed by atoms with Gasteiger partial charge in [-0.25, -0.2) is 4.98 Å². The number of aryl methyl sites for hydroxylation is 1. The van der Waals surface area contributed by atoms with E-state index < -0.39 is 0 Å². The molecular formula is C16H13ClN2OS. The number of rotatable bonds is 4. The first kappa shape index (κ1) is 15.6. The molecule has 0 aliphatic carbocycles. The zero-order chi connectivity index (χ0) is 15.4. The minimum Gasteiger partial charge on any atom is -0.294 e. The van der Waals surface area contributed by atoms with E-state index in [9.17, 15) is 10.1 Å². The molecule has 0 radical (unpaired) electrons. The third-order valence-electron chi connectivity index (χ3n) is 2.94. The van der Waals surface area contributed by atoms with Gasteiger partial charge in [-0.2, -0.15) is 5.26 Å². The summed E-state index contributed by atoms with van der Waals surface area (Å²) in [5.74, 6) is 0.587. The fraction of sp³-hybridized carbons (Fsp3) is 0.188. The lowest BCUT2D eigenvalue weighted by Crippen LogP contribution is -2.02. The maximum absolute atomic E-state index is 11.5. The number of hydrogen-bond acceptors (Lipinski definition) is 4. The van der Waals surface area contributed by atoms with Crippen molar-refractivity contribution in [2.45, 2.75) is 24.6 Å². The molecular weight excluding hydrogens is 304 g/mol. The van der Waals surface area contributed by atoms with Gasteiger partial charge >= 0.3 is 0 Å². The zero-order valence-electron chi connectivity index (χ0n) is 11.7. The molecule has 0 aliphatic heterocycles. The molecule has 0 aliphatic rings. The highest BCUT2D eigenvalue weighted by Gasteiger charge is 2.12. The van der Waals surface area contributed by atoms with Gasteiger partial charge in [0.1, 0.15) is 11.1 Å². The van der Waals surface area contributed by atoms with E-state index in [1.54, 1.807) is 13.0 Å². The average molecular weight is 317 g/mol. The number of pyridine rings is 1. The number of nitrogens with zero attached hydrogens (tertiary/aromatic N) is 2. The number of benzene rings is 1. The van der Waals surface area contributed by atoms with Crippen molar-refractivity contribution in [3.8, 4) is 6.07 Å². The molecule has 1 aromatic heterocycles. The van der Waals surface area contributed by atoms with Gasteiger partial charge in [0.15, 0.2) is 5.78 Å². The van der Waals surface area contributed by atoms with Crippen molar-refractivity contribution in [2.75, 3.05) is 0 Å². The van der Waals surface area contributed by atoms with Crippen molar-refractivity contribution in [3.05, 3.63) is 57.7 Å². The molecule has 106 valence electrons. The van der Waals surface area contributed by atoms with Gasteiger partial charge in [0.25, 0.3) is 0 Å². The maximum Gasteiger partial charge on any atom is 0.161 e. The minimum absolute atomic E-state index is 0.0807. The first-order chi connectivity index (χ1) is 10.0. The first-order valence-corrected chi connectivity index (χ1v) is 7.67. The number of hydrogen-bond donors (Lipinski definition) is 0. The molecule has 21 heavy (non-hydrogen) atoms. The molecule has 1 aromatic carbocycles. The van der Waals surface area contributed by atoms with E-state index in [1.165, 1.54) is 18.7 Å². The van der Waals surface area contributed by atoms with Crippen molar-refractivity contribution >= 4 is 29.1 Å². The standard InChI is InChI=1S/C16H13ClN2OS/c1-10-15(11(2)20)7-13(8-18)16(19-10)21-9-12-4-3-5-14(17)6-12/h3-7H,9H2,1-2H3. The highest BCUT2D eigenvalue weighted by Crippen LogP contribution is 2.27. The highest BCUT2D eigenvalue weighted by atomic mass is 35.5. The van der Waals surface area contributed by atoms with Crippen LogP contribution in [-0.2, 0) is 5.75 Å². The molecule has 0 fully saturated rings. The molecule has 5 heteroatoms. The second-order valence-electron chi connectivity index (χ2n) is 4.56. The Bertz CT molecular complexity index is 738. The smallest absolute Gasteiger partial charge is 0.161 e. The summed E-state index contributed by atoms with van der Waals surface area (Å²) in [6.45, 7) is 3.26. The molecule has 0 saturated heterocycles. The van der Waals surface area contributed by atoms with E-state index in [0.29, 0.717) is 32.6 Å². The van der Waals surface area contributed by atoms with Gasteiger partial charge in [-0.1, -0.05) is 23.7 Å². The van der Waals surface area contributed by atoms with Crippen LogP contribution in [0.1, 0.15) is 34.1 Å². The summed E-state index contributed by atoms with van der Waals surface area (Å²) in [6.07, 6.45) is 0. The summed E-state index contributed by atoms with van der Waals surface area (Å²) >= 11 is 7.42. The first-order valence-electron chi connectivity index (χ1n) is 6.31. The van der Waals surface area contributed by atoms with Crippen LogP contribution in [0.2, 0.25) is 5.02 Å². The molecule has 0 unspecified atom stereocenters. The Morgan fingerprint density at radius 1 is 1.43 bits per heavy atom. The lowest BCUT2D eigenvalue weighted by Gasteiger charge is -2.08. The van der Waals surface area contributed by atoms with Gasteiger partial charge in [0.2, 0.25) is 0 Å². The van der Waals surface area contributed by atoms with E-state index in [-0.39, 0.29) is 5.78 Å². The second-order valence-corrected chi connectivity index (χ2v) is 5.96. The van der Waals surface area contributed by atoms with Crippen molar-refractivity contribution in [1.29, 1.82) is 5.26 Å². The number of carbonyl (C=O) groups is 1. The van der Waals surface area contributed by atoms with Crippen LogP contribution in [0, 0.1) is 18.3 Å². The molecule has 0 atom stereocenters. The number of Topliss-reactive ketones (excluding diaryl/α,β-unsaturated/α-hetero) is 1. The lowest BCUT2D eigenvalue weighted by molar-refractivity contribution is 0.101. The van der Waals surface area contributed by atoms with E-state index in [4.69, 9.17) is 11.6 Å². The number of halogens is 1. The van der Waals surface area contributed by atoms with Gasteiger partial charge in [-0.15, -0.1) is 11.8 Å². The minimum atomic E-state index is -0.0807. The highest BCUT2D eigenvalue weighted by molar-refractivity contribution is 7.98. The van der Waals surface area contributed by atoms with Gasteiger partial charge in [0, 0.05) is 22.0 Å². The van der Waals surface area contributed by atoms with Crippen LogP contribution in [0.5, 0.6) is 0 Å². The van der Waals surface area contributed by atoms with E-state index in [0.717, 1.165) is 5.56 Å². The van der Waals surface area contributed by atoms with Crippen LogP contribution >= 0.6 is 23.4 Å². The van der Waals surface area contributed by atoms with Crippen molar-refractivity contribution < 1.29 is 4.79 Å². The molecule has 0 bridgehead atoms. The predicted molar refractivity (Wildman–Crippen MR) is 84.7 cm³/mol. The summed E-state index contributed by atoms with van der Waals surface area (Å²) in [5.41, 5.74) is 2.64. The van der Waals surface area contributed by atoms with Crippen LogP contribution < -0.4 is 0 Å². The number of aromatic nitrogens is 1. The molecule has 1 heterocycles. The van der Waals surface area contributed by atoms with Crippen molar-refractivity contribution in [3.63, 3.8) is 0 Å². The van der Waals surface area contributed by atoms with E-state index >= 15 is 0 Å². The van der Waals surface area contributed by atoms with E-state index in [1.807, 2.05) is 24.3 Å².